The van der Waals surface area contributed by atoms with E-state index < -0.39 is 0 Å². The average molecular weight is 361 g/mol. The molecule has 0 unspecified atom stereocenters. The number of H-pyrrole nitrogens is 1. The maximum atomic E-state index is 12.4. The first-order valence-corrected chi connectivity index (χ1v) is 8.28. The number of benzene rings is 1. The van der Waals surface area contributed by atoms with Crippen molar-refractivity contribution in [1.29, 1.82) is 0 Å². The summed E-state index contributed by atoms with van der Waals surface area (Å²) in [7, 11) is 0. The van der Waals surface area contributed by atoms with E-state index in [0.29, 0.717) is 31.2 Å². The molecule has 130 valence electrons. The minimum Gasteiger partial charge on any atom is -0.339 e. The van der Waals surface area contributed by atoms with Crippen molar-refractivity contribution in [1.82, 2.24) is 20.0 Å². The number of carbonyl (C=O) groups excluding carboxylic acids is 2. The molecule has 7 nitrogen and oxygen atoms in total. The minimum absolute atomic E-state index is 0.0107. The number of rotatable bonds is 3. The summed E-state index contributed by atoms with van der Waals surface area (Å²) in [5.74, 6) is -0.241. The molecule has 1 saturated heterocycles. The number of nitrogens with one attached hydrogen (secondary N) is 1. The van der Waals surface area contributed by atoms with Gasteiger partial charge in [-0.25, -0.2) is 5.10 Å². The van der Waals surface area contributed by atoms with Crippen LogP contribution >= 0.6 is 11.6 Å². The van der Waals surface area contributed by atoms with Crippen molar-refractivity contribution in [2.75, 3.05) is 26.2 Å². The van der Waals surface area contributed by atoms with Crippen LogP contribution in [0.4, 0.5) is 0 Å². The molecule has 2 amide bonds. The van der Waals surface area contributed by atoms with E-state index in [2.05, 4.69) is 10.2 Å². The Balaban J connectivity index is 1.56. The Morgan fingerprint density at radius 2 is 1.80 bits per heavy atom. The van der Waals surface area contributed by atoms with Crippen LogP contribution in [0.15, 0.2) is 41.2 Å². The van der Waals surface area contributed by atoms with Gasteiger partial charge in [-0.05, 0) is 23.8 Å². The number of halogens is 1. The van der Waals surface area contributed by atoms with Gasteiger partial charge in [0, 0.05) is 37.3 Å². The zero-order chi connectivity index (χ0) is 17.8. The number of piperazine rings is 1. The molecule has 25 heavy (non-hydrogen) atoms. The molecular weight excluding hydrogens is 344 g/mol. The van der Waals surface area contributed by atoms with E-state index in [1.807, 2.05) is 12.1 Å². The Morgan fingerprint density at radius 1 is 1.08 bits per heavy atom. The third kappa shape index (κ3) is 4.24. The van der Waals surface area contributed by atoms with Gasteiger partial charge in [-0.15, -0.1) is 0 Å². The number of amides is 2. The molecule has 1 aromatic carbocycles. The summed E-state index contributed by atoms with van der Waals surface area (Å²) in [6, 6.07) is 9.90. The number of hydrogen-bond acceptors (Lipinski definition) is 4. The van der Waals surface area contributed by atoms with E-state index in [0.717, 1.165) is 5.56 Å². The van der Waals surface area contributed by atoms with Gasteiger partial charge in [-0.2, -0.15) is 5.10 Å². The number of aromatic amines is 1. The van der Waals surface area contributed by atoms with Crippen molar-refractivity contribution in [3.05, 3.63) is 63.0 Å². The number of carbonyl (C=O) groups is 2. The van der Waals surface area contributed by atoms with Crippen LogP contribution in [0.2, 0.25) is 5.02 Å². The zero-order valence-corrected chi connectivity index (χ0v) is 14.2. The minimum atomic E-state index is -0.354. The van der Waals surface area contributed by atoms with Gasteiger partial charge in [-0.1, -0.05) is 23.7 Å². The highest BCUT2D eigenvalue weighted by Gasteiger charge is 2.25. The van der Waals surface area contributed by atoms with Crippen LogP contribution in [0, 0.1) is 0 Å². The predicted molar refractivity (Wildman–Crippen MR) is 92.5 cm³/mol. The standard InChI is InChI=1S/C17H17ClN4O3/c18-13-3-1-2-12(10-13)11-16(24)21-6-8-22(9-7-21)17(25)14-4-5-15(23)20-19-14/h1-5,10H,6-9,11H2,(H,20,23). The normalized spacial score (nSPS) is 14.4. The van der Waals surface area contributed by atoms with Crippen molar-refractivity contribution in [2.45, 2.75) is 6.42 Å². The fraction of sp³-hybridized carbons (Fsp3) is 0.294. The highest BCUT2D eigenvalue weighted by molar-refractivity contribution is 6.30. The summed E-state index contributed by atoms with van der Waals surface area (Å²) < 4.78 is 0. The smallest absolute Gasteiger partial charge is 0.274 e. The van der Waals surface area contributed by atoms with Gasteiger partial charge in [0.2, 0.25) is 5.91 Å². The molecule has 3 rings (SSSR count). The number of nitrogens with zero attached hydrogens (tertiary/aromatic N) is 3. The SMILES string of the molecule is O=C(Cc1cccc(Cl)c1)N1CCN(C(=O)c2ccc(=O)[nH]n2)CC1. The van der Waals surface area contributed by atoms with E-state index in [1.165, 1.54) is 12.1 Å². The molecule has 1 aliphatic heterocycles. The second-order valence-corrected chi connectivity index (χ2v) is 6.22. The maximum absolute atomic E-state index is 12.4. The average Bonchev–Trinajstić information content (AvgIpc) is 2.62. The summed E-state index contributed by atoms with van der Waals surface area (Å²) in [6.45, 7) is 1.80. The first-order valence-electron chi connectivity index (χ1n) is 7.90. The first kappa shape index (κ1) is 17.2. The summed E-state index contributed by atoms with van der Waals surface area (Å²) >= 11 is 5.94. The van der Waals surface area contributed by atoms with Crippen LogP contribution in [-0.4, -0.2) is 58.0 Å². The summed E-state index contributed by atoms with van der Waals surface area (Å²) in [5.41, 5.74) is 0.708. The zero-order valence-electron chi connectivity index (χ0n) is 13.4. The summed E-state index contributed by atoms with van der Waals surface area (Å²) in [6.07, 6.45) is 0.288. The second kappa shape index (κ2) is 7.48. The number of aromatic nitrogens is 2. The fourth-order valence-corrected chi connectivity index (χ4v) is 2.93. The van der Waals surface area contributed by atoms with E-state index in [1.54, 1.807) is 21.9 Å². The van der Waals surface area contributed by atoms with E-state index in [9.17, 15) is 14.4 Å². The van der Waals surface area contributed by atoms with Crippen molar-refractivity contribution >= 4 is 23.4 Å². The topological polar surface area (TPSA) is 86.4 Å². The molecule has 0 atom stereocenters. The van der Waals surface area contributed by atoms with Crippen LogP contribution in [0.25, 0.3) is 0 Å². The molecular formula is C17H17ClN4O3. The molecule has 0 aliphatic carbocycles. The van der Waals surface area contributed by atoms with Gasteiger partial charge < -0.3 is 9.80 Å². The Kier molecular flexibility index (Phi) is 5.14. The van der Waals surface area contributed by atoms with Crippen molar-refractivity contribution in [3.8, 4) is 0 Å². The molecule has 0 radical (unpaired) electrons. The van der Waals surface area contributed by atoms with Crippen LogP contribution in [0.5, 0.6) is 0 Å². The third-order valence-corrected chi connectivity index (χ3v) is 4.30. The van der Waals surface area contributed by atoms with Gasteiger partial charge in [-0.3, -0.25) is 14.4 Å². The monoisotopic (exact) mass is 360 g/mol. The van der Waals surface area contributed by atoms with E-state index >= 15 is 0 Å². The maximum Gasteiger partial charge on any atom is 0.274 e. The summed E-state index contributed by atoms with van der Waals surface area (Å²) in [5, 5.41) is 6.61. The van der Waals surface area contributed by atoms with Crippen LogP contribution in [0.3, 0.4) is 0 Å². The summed E-state index contributed by atoms with van der Waals surface area (Å²) in [4.78, 5) is 39.1. The van der Waals surface area contributed by atoms with Gasteiger partial charge in [0.15, 0.2) is 0 Å². The fourth-order valence-electron chi connectivity index (χ4n) is 2.72. The van der Waals surface area contributed by atoms with Crippen LogP contribution < -0.4 is 5.56 Å². The highest BCUT2D eigenvalue weighted by Crippen LogP contribution is 2.13. The van der Waals surface area contributed by atoms with Crippen LogP contribution in [-0.2, 0) is 11.2 Å². The van der Waals surface area contributed by atoms with E-state index in [-0.39, 0.29) is 29.5 Å². The molecule has 1 aromatic heterocycles. The molecule has 1 N–H and O–H groups in total. The van der Waals surface area contributed by atoms with Gasteiger partial charge in [0.05, 0.1) is 6.42 Å². The van der Waals surface area contributed by atoms with Gasteiger partial charge in [0.25, 0.3) is 11.5 Å². The number of hydrogen-bond donors (Lipinski definition) is 1. The third-order valence-electron chi connectivity index (χ3n) is 4.06. The van der Waals surface area contributed by atoms with Crippen molar-refractivity contribution < 1.29 is 9.59 Å². The Labute approximate surface area is 149 Å². The largest absolute Gasteiger partial charge is 0.339 e. The van der Waals surface area contributed by atoms with Crippen molar-refractivity contribution in [2.24, 2.45) is 0 Å². The molecule has 2 heterocycles. The Bertz CT molecular complexity index is 823. The Hall–Kier alpha value is -2.67. The molecule has 0 bridgehead atoms. The van der Waals surface area contributed by atoms with Crippen molar-refractivity contribution in [3.63, 3.8) is 0 Å². The van der Waals surface area contributed by atoms with Gasteiger partial charge in [0.1, 0.15) is 5.69 Å². The molecule has 1 fully saturated rings. The van der Waals surface area contributed by atoms with E-state index in [4.69, 9.17) is 11.6 Å². The van der Waals surface area contributed by atoms with Crippen LogP contribution in [0.1, 0.15) is 16.1 Å². The molecule has 0 spiro atoms. The first-order chi connectivity index (χ1) is 12.0. The molecule has 2 aromatic rings. The quantitative estimate of drug-likeness (QED) is 0.883. The molecule has 8 heteroatoms. The lowest BCUT2D eigenvalue weighted by Crippen LogP contribution is -2.51. The molecule has 1 aliphatic rings. The molecule has 0 saturated carbocycles. The lowest BCUT2D eigenvalue weighted by atomic mass is 10.1. The highest BCUT2D eigenvalue weighted by atomic mass is 35.5. The lowest BCUT2D eigenvalue weighted by Gasteiger charge is -2.34. The second-order valence-electron chi connectivity index (χ2n) is 5.79. The van der Waals surface area contributed by atoms with Gasteiger partial charge >= 0.3 is 0 Å². The lowest BCUT2D eigenvalue weighted by molar-refractivity contribution is -0.131. The Morgan fingerprint density at radius 3 is 2.44 bits per heavy atom. The predicted octanol–water partition coefficient (Wildman–Crippen LogP) is 0.950.